The number of carbonyl (C=O) groups is 1. The number of carbonyl (C=O) groups excluding carboxylic acids is 1. The molecule has 1 saturated heterocycles. The molecule has 7 nitrogen and oxygen atoms in total. The molecule has 0 unspecified atom stereocenters. The van der Waals surface area contributed by atoms with E-state index in [4.69, 9.17) is 0 Å². The van der Waals surface area contributed by atoms with Gasteiger partial charge in [-0.3, -0.25) is 14.2 Å². The first-order valence-electron chi connectivity index (χ1n) is 9.98. The zero-order valence-corrected chi connectivity index (χ0v) is 15.9. The molecule has 1 aliphatic carbocycles. The molecule has 0 spiro atoms. The molecule has 1 amide bonds. The van der Waals surface area contributed by atoms with E-state index in [1.807, 2.05) is 21.9 Å². The van der Waals surface area contributed by atoms with E-state index in [2.05, 4.69) is 9.97 Å². The van der Waals surface area contributed by atoms with Crippen LogP contribution in [0.1, 0.15) is 38.5 Å². The molecule has 1 aliphatic heterocycles. The van der Waals surface area contributed by atoms with Crippen LogP contribution in [-0.4, -0.2) is 51.5 Å². The van der Waals surface area contributed by atoms with E-state index >= 15 is 0 Å². The quantitative estimate of drug-likeness (QED) is 0.824. The van der Waals surface area contributed by atoms with Gasteiger partial charge in [-0.1, -0.05) is 25.7 Å². The average molecular weight is 369 g/mol. The Hall–Kier alpha value is -2.44. The maximum Gasteiger partial charge on any atom is 0.294 e. The van der Waals surface area contributed by atoms with Gasteiger partial charge in [0, 0.05) is 45.8 Å². The van der Waals surface area contributed by atoms with E-state index in [9.17, 15) is 9.59 Å². The van der Waals surface area contributed by atoms with Crippen LogP contribution in [0.4, 0.5) is 5.82 Å². The second-order valence-electron chi connectivity index (χ2n) is 7.70. The van der Waals surface area contributed by atoms with Crippen molar-refractivity contribution in [1.29, 1.82) is 0 Å². The third-order valence-electron chi connectivity index (χ3n) is 5.98. The average Bonchev–Trinajstić information content (AvgIpc) is 3.23. The Labute approximate surface area is 159 Å². The van der Waals surface area contributed by atoms with Gasteiger partial charge in [0.1, 0.15) is 5.52 Å². The molecular formula is C20H27N5O2. The molecule has 7 heteroatoms. The van der Waals surface area contributed by atoms with Crippen molar-refractivity contribution in [3.05, 3.63) is 28.7 Å². The van der Waals surface area contributed by atoms with Crippen molar-refractivity contribution in [3.8, 4) is 0 Å². The number of rotatable bonds is 4. The van der Waals surface area contributed by atoms with Crippen LogP contribution >= 0.6 is 0 Å². The molecule has 27 heavy (non-hydrogen) atoms. The second-order valence-corrected chi connectivity index (χ2v) is 7.70. The number of anilines is 1. The summed E-state index contributed by atoms with van der Waals surface area (Å²) in [4.78, 5) is 37.9. The normalized spacial score (nSPS) is 18.4. The minimum Gasteiger partial charge on any atom is -0.348 e. The van der Waals surface area contributed by atoms with Gasteiger partial charge < -0.3 is 9.80 Å². The molecule has 2 aromatic heterocycles. The number of aromatic nitrogens is 3. The number of fused-ring (bicyclic) bond motifs is 1. The summed E-state index contributed by atoms with van der Waals surface area (Å²) in [5.41, 5.74) is 1.17. The minimum atomic E-state index is -0.137. The van der Waals surface area contributed by atoms with Crippen molar-refractivity contribution in [2.75, 3.05) is 31.1 Å². The lowest BCUT2D eigenvalue weighted by atomic mass is 10.0. The highest BCUT2D eigenvalue weighted by Gasteiger charge is 2.25. The van der Waals surface area contributed by atoms with Crippen LogP contribution < -0.4 is 10.5 Å². The van der Waals surface area contributed by atoms with Gasteiger partial charge >= 0.3 is 0 Å². The van der Waals surface area contributed by atoms with Crippen LogP contribution in [0.5, 0.6) is 0 Å². The van der Waals surface area contributed by atoms with Gasteiger partial charge in [0.05, 0.1) is 0 Å². The first-order valence-corrected chi connectivity index (χ1v) is 9.98. The largest absolute Gasteiger partial charge is 0.348 e. The molecule has 0 atom stereocenters. The topological polar surface area (TPSA) is 71.3 Å². The Morgan fingerprint density at radius 3 is 2.67 bits per heavy atom. The fourth-order valence-electron chi connectivity index (χ4n) is 4.30. The van der Waals surface area contributed by atoms with Crippen LogP contribution in [0.25, 0.3) is 11.2 Å². The van der Waals surface area contributed by atoms with Gasteiger partial charge in [0.25, 0.3) is 5.56 Å². The Bertz CT molecular complexity index is 880. The summed E-state index contributed by atoms with van der Waals surface area (Å²) in [6.45, 7) is 2.59. The molecule has 0 aromatic carbocycles. The Kier molecular flexibility index (Phi) is 5.09. The predicted octanol–water partition coefficient (Wildman–Crippen LogP) is 1.95. The Balaban J connectivity index is 1.40. The molecule has 144 valence electrons. The maximum atomic E-state index is 12.7. The lowest BCUT2D eigenvalue weighted by Gasteiger charge is -2.35. The van der Waals surface area contributed by atoms with Crippen LogP contribution in [0.15, 0.2) is 23.1 Å². The highest BCUT2D eigenvalue weighted by Crippen LogP contribution is 2.28. The fourth-order valence-corrected chi connectivity index (χ4v) is 4.30. The summed E-state index contributed by atoms with van der Waals surface area (Å²) in [5, 5.41) is 0. The summed E-state index contributed by atoms with van der Waals surface area (Å²) in [6.07, 6.45) is 8.56. The summed E-state index contributed by atoms with van der Waals surface area (Å²) in [7, 11) is 1.73. The molecular weight excluding hydrogens is 342 g/mol. The van der Waals surface area contributed by atoms with Crippen molar-refractivity contribution in [1.82, 2.24) is 19.4 Å². The predicted molar refractivity (Wildman–Crippen MR) is 105 cm³/mol. The summed E-state index contributed by atoms with van der Waals surface area (Å²) in [6, 6.07) is 3.69. The molecule has 0 bridgehead atoms. The smallest absolute Gasteiger partial charge is 0.294 e. The van der Waals surface area contributed by atoms with Crippen LogP contribution in [0.2, 0.25) is 0 Å². The highest BCUT2D eigenvalue weighted by atomic mass is 16.2. The zero-order valence-electron chi connectivity index (χ0n) is 15.9. The molecule has 0 radical (unpaired) electrons. The molecule has 2 fully saturated rings. The number of aryl methyl sites for hydroxylation is 1. The van der Waals surface area contributed by atoms with Crippen molar-refractivity contribution in [3.63, 3.8) is 0 Å². The number of hydrogen-bond acceptors (Lipinski definition) is 5. The highest BCUT2D eigenvalue weighted by molar-refractivity contribution is 5.76. The third-order valence-corrected chi connectivity index (χ3v) is 5.98. The van der Waals surface area contributed by atoms with E-state index in [-0.39, 0.29) is 11.5 Å². The number of piperazine rings is 1. The lowest BCUT2D eigenvalue weighted by Crippen LogP contribution is -2.50. The van der Waals surface area contributed by atoms with Gasteiger partial charge in [0.2, 0.25) is 5.91 Å². The van der Waals surface area contributed by atoms with E-state index < -0.39 is 0 Å². The molecule has 3 heterocycles. The lowest BCUT2D eigenvalue weighted by molar-refractivity contribution is -0.131. The van der Waals surface area contributed by atoms with Crippen molar-refractivity contribution in [2.24, 2.45) is 13.0 Å². The summed E-state index contributed by atoms with van der Waals surface area (Å²) >= 11 is 0. The second kappa shape index (κ2) is 7.66. The fraction of sp³-hybridized carbons (Fsp3) is 0.600. The van der Waals surface area contributed by atoms with Crippen molar-refractivity contribution < 1.29 is 4.79 Å². The number of amides is 1. The van der Waals surface area contributed by atoms with E-state index in [0.29, 0.717) is 49.6 Å². The Morgan fingerprint density at radius 1 is 1.19 bits per heavy atom. The van der Waals surface area contributed by atoms with Crippen molar-refractivity contribution >= 4 is 22.9 Å². The van der Waals surface area contributed by atoms with Crippen LogP contribution in [-0.2, 0) is 11.8 Å². The number of hydrogen-bond donors (Lipinski definition) is 0. The van der Waals surface area contributed by atoms with Crippen LogP contribution in [0.3, 0.4) is 0 Å². The Morgan fingerprint density at radius 2 is 1.93 bits per heavy atom. The van der Waals surface area contributed by atoms with Crippen LogP contribution in [0, 0.1) is 5.92 Å². The van der Waals surface area contributed by atoms with Crippen molar-refractivity contribution in [2.45, 2.75) is 38.5 Å². The maximum absolute atomic E-state index is 12.7. The van der Waals surface area contributed by atoms with Gasteiger partial charge in [-0.2, -0.15) is 0 Å². The third kappa shape index (κ3) is 3.68. The molecule has 2 aliphatic rings. The molecule has 1 saturated carbocycles. The van der Waals surface area contributed by atoms with Gasteiger partial charge in [0.15, 0.2) is 11.5 Å². The first-order chi connectivity index (χ1) is 13.1. The SMILES string of the molecule is Cn1c(=O)c(N2CCN(C(=O)CCC3CCCC3)CC2)nc2cccnc21. The minimum absolute atomic E-state index is 0.137. The molecule has 0 N–H and O–H groups in total. The van der Waals surface area contributed by atoms with E-state index in [1.165, 1.54) is 25.7 Å². The standard InChI is InChI=1S/C20H27N5O2/c1-23-18-16(7-4-10-21-18)22-19(20(23)27)25-13-11-24(12-14-25)17(26)9-8-15-5-2-3-6-15/h4,7,10,15H,2-3,5-6,8-9,11-14H2,1H3. The van der Waals surface area contributed by atoms with Gasteiger partial charge in [-0.05, 0) is 24.5 Å². The summed E-state index contributed by atoms with van der Waals surface area (Å²) in [5.74, 6) is 1.45. The molecule has 2 aromatic rings. The number of nitrogens with zero attached hydrogens (tertiary/aromatic N) is 5. The monoisotopic (exact) mass is 369 g/mol. The van der Waals surface area contributed by atoms with E-state index in [0.717, 1.165) is 12.3 Å². The summed E-state index contributed by atoms with van der Waals surface area (Å²) < 4.78 is 1.55. The molecule has 4 rings (SSSR count). The number of pyridine rings is 1. The van der Waals surface area contributed by atoms with Gasteiger partial charge in [-0.15, -0.1) is 0 Å². The van der Waals surface area contributed by atoms with E-state index in [1.54, 1.807) is 17.8 Å². The van der Waals surface area contributed by atoms with Gasteiger partial charge in [-0.25, -0.2) is 9.97 Å². The first kappa shape index (κ1) is 17.9. The zero-order chi connectivity index (χ0) is 18.8.